The van der Waals surface area contributed by atoms with Crippen molar-refractivity contribution < 1.29 is 9.59 Å². The number of benzene rings is 1. The molecule has 2 aliphatic rings. The van der Waals surface area contributed by atoms with Crippen LogP contribution in [0.2, 0.25) is 0 Å². The normalized spacial score (nSPS) is 23.0. The van der Waals surface area contributed by atoms with Crippen LogP contribution in [-0.2, 0) is 4.79 Å². The Bertz CT molecular complexity index is 916. The van der Waals surface area contributed by atoms with Gasteiger partial charge in [-0.15, -0.1) is 0 Å². The molecule has 2 atom stereocenters. The van der Waals surface area contributed by atoms with Gasteiger partial charge >= 0.3 is 0 Å². The molecular formula is C20H23N3O3. The number of amides is 2. The molecule has 1 aromatic heterocycles. The zero-order chi connectivity index (χ0) is 18.3. The molecule has 2 heterocycles. The fourth-order valence-corrected chi connectivity index (χ4v) is 3.96. The number of pyridine rings is 1. The van der Waals surface area contributed by atoms with Gasteiger partial charge in [0.05, 0.1) is 11.1 Å². The van der Waals surface area contributed by atoms with E-state index < -0.39 is 0 Å². The second-order valence-electron chi connectivity index (χ2n) is 7.47. The number of nitrogens with one attached hydrogen (secondary N) is 2. The van der Waals surface area contributed by atoms with E-state index >= 15 is 0 Å². The zero-order valence-electron chi connectivity index (χ0n) is 14.8. The third-order valence-corrected chi connectivity index (χ3v) is 5.65. The Balaban J connectivity index is 1.50. The SMILES string of the molecule is CC1CC(NC(=O)c2cccc3ccc(=O)[nH]c23)CN1C(=O)C1CCC1. The molecule has 0 radical (unpaired) electrons. The average Bonchev–Trinajstić information content (AvgIpc) is 2.92. The van der Waals surface area contributed by atoms with Crippen molar-refractivity contribution in [1.82, 2.24) is 15.2 Å². The minimum atomic E-state index is -0.232. The number of H-pyrrole nitrogens is 1. The summed E-state index contributed by atoms with van der Waals surface area (Å²) in [4.78, 5) is 41.6. The molecule has 26 heavy (non-hydrogen) atoms. The molecule has 1 saturated carbocycles. The smallest absolute Gasteiger partial charge is 0.253 e. The third-order valence-electron chi connectivity index (χ3n) is 5.65. The van der Waals surface area contributed by atoms with E-state index in [0.29, 0.717) is 17.6 Å². The van der Waals surface area contributed by atoms with Gasteiger partial charge in [0.15, 0.2) is 0 Å². The maximum Gasteiger partial charge on any atom is 0.253 e. The zero-order valence-corrected chi connectivity index (χ0v) is 14.8. The number of aromatic amines is 1. The first-order chi connectivity index (χ1) is 12.5. The minimum absolute atomic E-state index is 0.0628. The van der Waals surface area contributed by atoms with Crippen molar-refractivity contribution in [2.75, 3.05) is 6.54 Å². The summed E-state index contributed by atoms with van der Waals surface area (Å²) < 4.78 is 0. The molecule has 6 nitrogen and oxygen atoms in total. The van der Waals surface area contributed by atoms with Crippen LogP contribution in [0.1, 0.15) is 43.0 Å². The summed E-state index contributed by atoms with van der Waals surface area (Å²) in [5.74, 6) is 0.192. The highest BCUT2D eigenvalue weighted by Gasteiger charge is 2.38. The second-order valence-corrected chi connectivity index (χ2v) is 7.47. The van der Waals surface area contributed by atoms with Crippen molar-refractivity contribution in [3.8, 4) is 0 Å². The summed E-state index contributed by atoms with van der Waals surface area (Å²) in [5, 5.41) is 3.86. The Morgan fingerprint density at radius 1 is 1.19 bits per heavy atom. The molecule has 6 heteroatoms. The lowest BCUT2D eigenvalue weighted by atomic mass is 9.84. The number of rotatable bonds is 3. The number of para-hydroxylation sites is 1. The fraction of sp³-hybridized carbons (Fsp3) is 0.450. The minimum Gasteiger partial charge on any atom is -0.347 e. The van der Waals surface area contributed by atoms with Crippen LogP contribution in [0.15, 0.2) is 35.1 Å². The molecule has 1 aliphatic carbocycles. The molecule has 2 aromatic rings. The van der Waals surface area contributed by atoms with E-state index in [4.69, 9.17) is 0 Å². The molecule has 1 aliphatic heterocycles. The van der Waals surface area contributed by atoms with Gasteiger partial charge in [-0.2, -0.15) is 0 Å². The predicted molar refractivity (Wildman–Crippen MR) is 99.0 cm³/mol. The quantitative estimate of drug-likeness (QED) is 0.886. The lowest BCUT2D eigenvalue weighted by Gasteiger charge is -2.31. The molecule has 1 saturated heterocycles. The lowest BCUT2D eigenvalue weighted by Crippen LogP contribution is -2.43. The van der Waals surface area contributed by atoms with Gasteiger partial charge in [0.1, 0.15) is 0 Å². The van der Waals surface area contributed by atoms with Crippen LogP contribution >= 0.6 is 0 Å². The van der Waals surface area contributed by atoms with Crippen LogP contribution in [0.5, 0.6) is 0 Å². The molecule has 2 N–H and O–H groups in total. The van der Waals surface area contributed by atoms with Crippen LogP contribution in [0, 0.1) is 5.92 Å². The number of carbonyl (C=O) groups excluding carboxylic acids is 2. The largest absolute Gasteiger partial charge is 0.347 e. The van der Waals surface area contributed by atoms with Crippen molar-refractivity contribution in [3.05, 3.63) is 46.2 Å². The van der Waals surface area contributed by atoms with Crippen LogP contribution in [0.3, 0.4) is 0 Å². The van der Waals surface area contributed by atoms with E-state index in [-0.39, 0.29) is 35.4 Å². The Morgan fingerprint density at radius 2 is 2.00 bits per heavy atom. The van der Waals surface area contributed by atoms with Gasteiger partial charge in [-0.3, -0.25) is 14.4 Å². The number of fused-ring (bicyclic) bond motifs is 1. The van der Waals surface area contributed by atoms with E-state index in [9.17, 15) is 14.4 Å². The number of hydrogen-bond donors (Lipinski definition) is 2. The first kappa shape index (κ1) is 16.8. The molecule has 1 aromatic carbocycles. The molecule has 2 fully saturated rings. The summed E-state index contributed by atoms with van der Waals surface area (Å²) in [6.45, 7) is 2.60. The predicted octanol–water partition coefficient (Wildman–Crippen LogP) is 2.05. The first-order valence-electron chi connectivity index (χ1n) is 9.26. The van der Waals surface area contributed by atoms with Crippen LogP contribution in [0.25, 0.3) is 10.9 Å². The van der Waals surface area contributed by atoms with E-state index in [1.807, 2.05) is 17.9 Å². The molecular weight excluding hydrogens is 330 g/mol. The Kier molecular flexibility index (Phi) is 4.26. The van der Waals surface area contributed by atoms with Crippen LogP contribution in [-0.4, -0.2) is 40.3 Å². The maximum atomic E-state index is 12.8. The van der Waals surface area contributed by atoms with E-state index in [0.717, 1.165) is 31.1 Å². The summed E-state index contributed by atoms with van der Waals surface area (Å²) >= 11 is 0. The molecule has 0 spiro atoms. The molecule has 0 bridgehead atoms. The molecule has 4 rings (SSSR count). The van der Waals surface area contributed by atoms with Gasteiger partial charge in [0.25, 0.3) is 5.91 Å². The van der Waals surface area contributed by atoms with E-state index in [1.165, 1.54) is 6.07 Å². The summed E-state index contributed by atoms with van der Waals surface area (Å²) in [7, 11) is 0. The van der Waals surface area contributed by atoms with Crippen LogP contribution < -0.4 is 10.9 Å². The van der Waals surface area contributed by atoms with Crippen molar-refractivity contribution in [2.45, 2.75) is 44.7 Å². The Morgan fingerprint density at radius 3 is 2.73 bits per heavy atom. The number of nitrogens with zero attached hydrogens (tertiary/aromatic N) is 1. The Hall–Kier alpha value is -2.63. The second kappa shape index (κ2) is 6.59. The summed E-state index contributed by atoms with van der Waals surface area (Å²) in [6, 6.07) is 8.61. The maximum absolute atomic E-state index is 12.8. The number of aromatic nitrogens is 1. The number of carbonyl (C=O) groups is 2. The average molecular weight is 353 g/mol. The molecule has 136 valence electrons. The van der Waals surface area contributed by atoms with Gasteiger partial charge in [-0.25, -0.2) is 0 Å². The number of hydrogen-bond acceptors (Lipinski definition) is 3. The van der Waals surface area contributed by atoms with E-state index in [1.54, 1.807) is 18.2 Å². The van der Waals surface area contributed by atoms with E-state index in [2.05, 4.69) is 10.3 Å². The Labute approximate surface area is 151 Å². The standard InChI is InChI=1S/C20H23N3O3/c1-12-10-15(11-23(12)20(26)14-5-2-6-14)21-19(25)16-7-3-4-13-8-9-17(24)22-18(13)16/h3-4,7-9,12,14-15H,2,5-6,10-11H2,1H3,(H,21,25)(H,22,24). The topological polar surface area (TPSA) is 82.3 Å². The van der Waals surface area contributed by atoms with Crippen LogP contribution in [0.4, 0.5) is 0 Å². The summed E-state index contributed by atoms with van der Waals surface area (Å²) in [5.41, 5.74) is 0.770. The van der Waals surface area contributed by atoms with Gasteiger partial charge in [-0.1, -0.05) is 18.6 Å². The third kappa shape index (κ3) is 3.00. The first-order valence-corrected chi connectivity index (χ1v) is 9.26. The number of likely N-dealkylation sites (tertiary alicyclic amines) is 1. The summed E-state index contributed by atoms with van der Waals surface area (Å²) in [6.07, 6.45) is 3.87. The van der Waals surface area contributed by atoms with Crippen molar-refractivity contribution in [2.24, 2.45) is 5.92 Å². The fourth-order valence-electron chi connectivity index (χ4n) is 3.96. The van der Waals surface area contributed by atoms with Gasteiger partial charge in [0.2, 0.25) is 11.5 Å². The van der Waals surface area contributed by atoms with Crippen molar-refractivity contribution in [3.63, 3.8) is 0 Å². The van der Waals surface area contributed by atoms with Crippen molar-refractivity contribution >= 4 is 22.7 Å². The van der Waals surface area contributed by atoms with Crippen molar-refractivity contribution in [1.29, 1.82) is 0 Å². The highest BCUT2D eigenvalue weighted by atomic mass is 16.2. The lowest BCUT2D eigenvalue weighted by molar-refractivity contribution is -0.138. The monoisotopic (exact) mass is 353 g/mol. The molecule has 2 amide bonds. The highest BCUT2D eigenvalue weighted by Crippen LogP contribution is 2.31. The molecule has 2 unspecified atom stereocenters. The van der Waals surface area contributed by atoms with Gasteiger partial charge < -0.3 is 15.2 Å². The van der Waals surface area contributed by atoms with Gasteiger partial charge in [-0.05, 0) is 43.7 Å². The van der Waals surface area contributed by atoms with Gasteiger partial charge in [0, 0.05) is 30.6 Å². The highest BCUT2D eigenvalue weighted by molar-refractivity contribution is 6.05.